The van der Waals surface area contributed by atoms with E-state index < -0.39 is 5.97 Å². The van der Waals surface area contributed by atoms with Crippen LogP contribution in [0.5, 0.6) is 0 Å². The van der Waals surface area contributed by atoms with Gasteiger partial charge in [-0.15, -0.1) is 0 Å². The second-order valence-electron chi connectivity index (χ2n) is 5.66. The standard InChI is InChI=1S/C15H19ClN2O3/c16-11-8-9(17)7-10(15(19)20)14(11)18-5-6-21-13-4-2-1-3-12(13)18/h7-8,12-13H,1-6,17H2,(H,19,20). The molecule has 1 aliphatic heterocycles. The normalized spacial score (nSPS) is 25.5. The van der Waals surface area contributed by atoms with E-state index in [0.717, 1.165) is 25.7 Å². The molecule has 3 rings (SSSR count). The summed E-state index contributed by atoms with van der Waals surface area (Å²) in [5.41, 5.74) is 6.86. The fourth-order valence-corrected chi connectivity index (χ4v) is 3.79. The second kappa shape index (κ2) is 5.73. The number of anilines is 2. The number of nitrogen functional groups attached to an aromatic ring is 1. The fourth-order valence-electron chi connectivity index (χ4n) is 3.45. The summed E-state index contributed by atoms with van der Waals surface area (Å²) in [6.07, 6.45) is 4.50. The molecule has 1 saturated heterocycles. The number of hydrogen-bond donors (Lipinski definition) is 2. The van der Waals surface area contributed by atoms with Crippen molar-refractivity contribution < 1.29 is 14.6 Å². The van der Waals surface area contributed by atoms with Crippen molar-refractivity contribution >= 4 is 28.9 Å². The van der Waals surface area contributed by atoms with E-state index in [2.05, 4.69) is 4.90 Å². The molecule has 0 aromatic heterocycles. The van der Waals surface area contributed by atoms with Crippen molar-refractivity contribution in [1.82, 2.24) is 0 Å². The molecular weight excluding hydrogens is 292 g/mol. The molecule has 0 bridgehead atoms. The summed E-state index contributed by atoms with van der Waals surface area (Å²) >= 11 is 6.32. The summed E-state index contributed by atoms with van der Waals surface area (Å²) in [4.78, 5) is 13.7. The van der Waals surface area contributed by atoms with Gasteiger partial charge in [0, 0.05) is 12.2 Å². The van der Waals surface area contributed by atoms with Crippen LogP contribution in [0.3, 0.4) is 0 Å². The van der Waals surface area contributed by atoms with Gasteiger partial charge in [0.25, 0.3) is 0 Å². The highest BCUT2D eigenvalue weighted by Crippen LogP contribution is 2.38. The number of carbonyl (C=O) groups is 1. The molecule has 1 aromatic rings. The number of morpholine rings is 1. The van der Waals surface area contributed by atoms with Crippen LogP contribution in [0.25, 0.3) is 0 Å². The van der Waals surface area contributed by atoms with Gasteiger partial charge in [-0.3, -0.25) is 0 Å². The van der Waals surface area contributed by atoms with Crippen molar-refractivity contribution in [3.63, 3.8) is 0 Å². The van der Waals surface area contributed by atoms with Crippen LogP contribution in [0, 0.1) is 0 Å². The first-order chi connectivity index (χ1) is 10.1. The van der Waals surface area contributed by atoms with Crippen LogP contribution in [0.4, 0.5) is 11.4 Å². The highest BCUT2D eigenvalue weighted by molar-refractivity contribution is 6.34. The van der Waals surface area contributed by atoms with Gasteiger partial charge in [0.1, 0.15) is 0 Å². The monoisotopic (exact) mass is 310 g/mol. The van der Waals surface area contributed by atoms with Crippen molar-refractivity contribution in [2.24, 2.45) is 0 Å². The molecule has 5 nitrogen and oxygen atoms in total. The summed E-state index contributed by atoms with van der Waals surface area (Å²) in [6.45, 7) is 1.26. The topological polar surface area (TPSA) is 75.8 Å². The highest BCUT2D eigenvalue weighted by Gasteiger charge is 2.36. The van der Waals surface area contributed by atoms with Crippen LogP contribution in [-0.4, -0.2) is 36.4 Å². The van der Waals surface area contributed by atoms with Gasteiger partial charge in [-0.05, 0) is 25.0 Å². The Morgan fingerprint density at radius 3 is 2.90 bits per heavy atom. The number of carboxylic acid groups (broad SMARTS) is 1. The van der Waals surface area contributed by atoms with Crippen LogP contribution < -0.4 is 10.6 Å². The minimum Gasteiger partial charge on any atom is -0.478 e. The Hall–Kier alpha value is -1.46. The van der Waals surface area contributed by atoms with Crippen molar-refractivity contribution in [2.75, 3.05) is 23.8 Å². The molecule has 1 aromatic carbocycles. The minimum atomic E-state index is -1.00. The van der Waals surface area contributed by atoms with Crippen LogP contribution in [-0.2, 0) is 4.74 Å². The zero-order chi connectivity index (χ0) is 15.0. The summed E-state index contributed by atoms with van der Waals surface area (Å²) in [7, 11) is 0. The molecular formula is C15H19ClN2O3. The minimum absolute atomic E-state index is 0.169. The Labute approximate surface area is 128 Å². The van der Waals surface area contributed by atoms with E-state index in [1.54, 1.807) is 6.07 Å². The first-order valence-corrected chi connectivity index (χ1v) is 7.66. The molecule has 0 amide bonds. The number of carboxylic acids is 1. The molecule has 1 saturated carbocycles. The molecule has 2 unspecified atom stereocenters. The third-order valence-corrected chi connectivity index (χ3v) is 4.62. The summed E-state index contributed by atoms with van der Waals surface area (Å²) in [5, 5.41) is 9.87. The number of fused-ring (bicyclic) bond motifs is 1. The zero-order valence-corrected chi connectivity index (χ0v) is 12.5. The molecule has 0 radical (unpaired) electrons. The van der Waals surface area contributed by atoms with E-state index in [4.69, 9.17) is 22.1 Å². The maximum atomic E-state index is 11.6. The predicted molar refractivity (Wildman–Crippen MR) is 82.2 cm³/mol. The molecule has 114 valence electrons. The number of ether oxygens (including phenoxy) is 1. The van der Waals surface area contributed by atoms with E-state index in [1.165, 1.54) is 6.07 Å². The molecule has 1 aliphatic carbocycles. The predicted octanol–water partition coefficient (Wildman–Crippen LogP) is 2.77. The Kier molecular flexibility index (Phi) is 3.95. The smallest absolute Gasteiger partial charge is 0.337 e. The molecule has 0 spiro atoms. The van der Waals surface area contributed by atoms with Crippen LogP contribution in [0.15, 0.2) is 12.1 Å². The molecule has 21 heavy (non-hydrogen) atoms. The van der Waals surface area contributed by atoms with Crippen LogP contribution >= 0.6 is 11.6 Å². The first-order valence-electron chi connectivity index (χ1n) is 7.28. The van der Waals surface area contributed by atoms with Gasteiger partial charge < -0.3 is 20.5 Å². The molecule has 3 N–H and O–H groups in total. The van der Waals surface area contributed by atoms with Crippen molar-refractivity contribution in [3.8, 4) is 0 Å². The fraction of sp³-hybridized carbons (Fsp3) is 0.533. The lowest BCUT2D eigenvalue weighted by Gasteiger charge is -2.45. The zero-order valence-electron chi connectivity index (χ0n) is 11.7. The average Bonchev–Trinajstić information content (AvgIpc) is 2.46. The Morgan fingerprint density at radius 2 is 2.14 bits per heavy atom. The van der Waals surface area contributed by atoms with Crippen LogP contribution in [0.1, 0.15) is 36.0 Å². The van der Waals surface area contributed by atoms with Crippen molar-refractivity contribution in [3.05, 3.63) is 22.7 Å². The number of aromatic carboxylic acids is 1. The van der Waals surface area contributed by atoms with E-state index in [1.807, 2.05) is 0 Å². The Bertz CT molecular complexity index is 562. The number of nitrogens with two attached hydrogens (primary N) is 1. The SMILES string of the molecule is Nc1cc(Cl)c(N2CCOC3CCCCC32)c(C(=O)O)c1. The number of benzene rings is 1. The van der Waals surface area contributed by atoms with Gasteiger partial charge in [-0.25, -0.2) is 4.79 Å². The molecule has 2 aliphatic rings. The molecule has 1 heterocycles. The number of hydrogen-bond acceptors (Lipinski definition) is 4. The third kappa shape index (κ3) is 2.68. The van der Waals surface area contributed by atoms with Gasteiger partial charge in [0.15, 0.2) is 0 Å². The first kappa shape index (κ1) is 14.5. The number of rotatable bonds is 2. The lowest BCUT2D eigenvalue weighted by molar-refractivity contribution is -0.00877. The summed E-state index contributed by atoms with van der Waals surface area (Å²) in [5.74, 6) is -1.00. The quantitative estimate of drug-likeness (QED) is 0.821. The maximum Gasteiger partial charge on any atom is 0.337 e. The molecule has 6 heteroatoms. The van der Waals surface area contributed by atoms with E-state index in [0.29, 0.717) is 29.5 Å². The Morgan fingerprint density at radius 1 is 1.38 bits per heavy atom. The van der Waals surface area contributed by atoms with Crippen LogP contribution in [0.2, 0.25) is 5.02 Å². The number of halogens is 1. The second-order valence-corrected chi connectivity index (χ2v) is 6.07. The van der Waals surface area contributed by atoms with Crippen molar-refractivity contribution in [1.29, 1.82) is 0 Å². The lowest BCUT2D eigenvalue weighted by atomic mass is 9.89. The third-order valence-electron chi connectivity index (χ3n) is 4.34. The van der Waals surface area contributed by atoms with Gasteiger partial charge in [0.05, 0.1) is 35.0 Å². The largest absolute Gasteiger partial charge is 0.478 e. The van der Waals surface area contributed by atoms with E-state index in [9.17, 15) is 9.90 Å². The average molecular weight is 311 g/mol. The van der Waals surface area contributed by atoms with Gasteiger partial charge in [-0.2, -0.15) is 0 Å². The Balaban J connectivity index is 2.04. The number of nitrogens with zero attached hydrogens (tertiary/aromatic N) is 1. The molecule has 2 fully saturated rings. The van der Waals surface area contributed by atoms with E-state index >= 15 is 0 Å². The van der Waals surface area contributed by atoms with E-state index in [-0.39, 0.29) is 17.7 Å². The van der Waals surface area contributed by atoms with Gasteiger partial charge >= 0.3 is 5.97 Å². The maximum absolute atomic E-state index is 11.6. The van der Waals surface area contributed by atoms with Gasteiger partial charge in [-0.1, -0.05) is 24.4 Å². The van der Waals surface area contributed by atoms with Crippen molar-refractivity contribution in [2.45, 2.75) is 37.8 Å². The lowest BCUT2D eigenvalue weighted by Crippen LogP contribution is -2.53. The molecule has 2 atom stereocenters. The summed E-state index contributed by atoms with van der Waals surface area (Å²) in [6, 6.07) is 3.31. The van der Waals surface area contributed by atoms with Gasteiger partial charge in [0.2, 0.25) is 0 Å². The summed E-state index contributed by atoms with van der Waals surface area (Å²) < 4.78 is 5.84. The highest BCUT2D eigenvalue weighted by atomic mass is 35.5.